The number of rotatable bonds is 2. The summed E-state index contributed by atoms with van der Waals surface area (Å²) in [5, 5.41) is 11.4. The van der Waals surface area contributed by atoms with Crippen molar-refractivity contribution in [1.82, 2.24) is 4.98 Å². The number of aliphatic hydroxyl groups is 1. The zero-order chi connectivity index (χ0) is 14.1. The summed E-state index contributed by atoms with van der Waals surface area (Å²) in [4.78, 5) is 4.26. The van der Waals surface area contributed by atoms with E-state index in [4.69, 9.17) is 0 Å². The van der Waals surface area contributed by atoms with E-state index in [0.717, 1.165) is 16.5 Å². The lowest BCUT2D eigenvalue weighted by Crippen LogP contribution is -2.02. The highest BCUT2D eigenvalue weighted by Crippen LogP contribution is 2.28. The number of pyridine rings is 1. The SMILES string of the molecule is Cc1ccc(C(O)c2cccc3ncccc23)cc1F. The summed E-state index contributed by atoms with van der Waals surface area (Å²) in [6.45, 7) is 1.70. The fourth-order valence-electron chi connectivity index (χ4n) is 2.32. The van der Waals surface area contributed by atoms with Crippen LogP contribution in [0.3, 0.4) is 0 Å². The molecular weight excluding hydrogens is 253 g/mol. The lowest BCUT2D eigenvalue weighted by molar-refractivity contribution is 0.221. The molecule has 0 radical (unpaired) electrons. The molecule has 20 heavy (non-hydrogen) atoms. The predicted molar refractivity (Wildman–Crippen MR) is 76.9 cm³/mol. The van der Waals surface area contributed by atoms with Gasteiger partial charge in [-0.15, -0.1) is 0 Å². The standard InChI is InChI=1S/C17H14FNO/c1-11-7-8-12(10-15(11)18)17(20)14-4-2-6-16-13(14)5-3-9-19-16/h2-10,17,20H,1H3. The van der Waals surface area contributed by atoms with Gasteiger partial charge >= 0.3 is 0 Å². The molecule has 0 amide bonds. The van der Waals surface area contributed by atoms with Gasteiger partial charge in [0.25, 0.3) is 0 Å². The molecule has 0 aliphatic carbocycles. The van der Waals surface area contributed by atoms with Crippen molar-refractivity contribution in [1.29, 1.82) is 0 Å². The zero-order valence-corrected chi connectivity index (χ0v) is 11.0. The van der Waals surface area contributed by atoms with Crippen molar-refractivity contribution >= 4 is 10.9 Å². The fraction of sp³-hybridized carbons (Fsp3) is 0.118. The smallest absolute Gasteiger partial charge is 0.126 e. The van der Waals surface area contributed by atoms with Crippen LogP contribution < -0.4 is 0 Å². The number of aryl methyl sites for hydroxylation is 1. The lowest BCUT2D eigenvalue weighted by Gasteiger charge is -2.14. The van der Waals surface area contributed by atoms with Crippen molar-refractivity contribution in [3.05, 3.63) is 77.2 Å². The van der Waals surface area contributed by atoms with Crippen LogP contribution in [-0.4, -0.2) is 10.1 Å². The first-order valence-corrected chi connectivity index (χ1v) is 6.44. The zero-order valence-electron chi connectivity index (χ0n) is 11.0. The predicted octanol–water partition coefficient (Wildman–Crippen LogP) is 3.76. The van der Waals surface area contributed by atoms with Crippen LogP contribution in [0.4, 0.5) is 4.39 Å². The normalized spacial score (nSPS) is 12.6. The summed E-state index contributed by atoms with van der Waals surface area (Å²) in [6.07, 6.45) is 0.849. The Morgan fingerprint density at radius 2 is 1.95 bits per heavy atom. The third kappa shape index (κ3) is 2.17. The average molecular weight is 267 g/mol. The summed E-state index contributed by atoms with van der Waals surface area (Å²) >= 11 is 0. The molecule has 1 heterocycles. The molecule has 0 saturated heterocycles. The van der Waals surface area contributed by atoms with Gasteiger partial charge in [-0.1, -0.05) is 30.3 Å². The number of hydrogen-bond acceptors (Lipinski definition) is 2. The molecule has 3 aromatic rings. The van der Waals surface area contributed by atoms with Crippen LogP contribution in [0.5, 0.6) is 0 Å². The Morgan fingerprint density at radius 1 is 1.10 bits per heavy atom. The van der Waals surface area contributed by atoms with E-state index in [9.17, 15) is 9.50 Å². The molecule has 1 aromatic heterocycles. The molecule has 0 aliphatic heterocycles. The summed E-state index contributed by atoms with van der Waals surface area (Å²) < 4.78 is 13.6. The third-order valence-electron chi connectivity index (χ3n) is 3.49. The molecule has 0 spiro atoms. The van der Waals surface area contributed by atoms with E-state index < -0.39 is 6.10 Å². The van der Waals surface area contributed by atoms with Crippen LogP contribution in [0.15, 0.2) is 54.7 Å². The van der Waals surface area contributed by atoms with Crippen LogP contribution in [-0.2, 0) is 0 Å². The molecule has 1 atom stereocenters. The third-order valence-corrected chi connectivity index (χ3v) is 3.49. The number of fused-ring (bicyclic) bond motifs is 1. The lowest BCUT2D eigenvalue weighted by atomic mass is 9.97. The second-order valence-corrected chi connectivity index (χ2v) is 4.83. The van der Waals surface area contributed by atoms with E-state index in [1.54, 1.807) is 25.3 Å². The summed E-state index contributed by atoms with van der Waals surface area (Å²) in [6, 6.07) is 14.1. The molecule has 100 valence electrons. The van der Waals surface area contributed by atoms with E-state index in [0.29, 0.717) is 11.1 Å². The number of benzene rings is 2. The molecule has 3 heteroatoms. The van der Waals surface area contributed by atoms with E-state index >= 15 is 0 Å². The number of aromatic nitrogens is 1. The van der Waals surface area contributed by atoms with Gasteiger partial charge in [-0.05, 0) is 41.8 Å². The molecule has 1 N–H and O–H groups in total. The van der Waals surface area contributed by atoms with Gasteiger partial charge in [-0.2, -0.15) is 0 Å². The van der Waals surface area contributed by atoms with Gasteiger partial charge < -0.3 is 5.11 Å². The van der Waals surface area contributed by atoms with Crippen LogP contribution in [0.2, 0.25) is 0 Å². The highest BCUT2D eigenvalue weighted by molar-refractivity contribution is 5.82. The topological polar surface area (TPSA) is 33.1 Å². The first-order chi connectivity index (χ1) is 9.66. The summed E-state index contributed by atoms with van der Waals surface area (Å²) in [7, 11) is 0. The number of hydrogen-bond donors (Lipinski definition) is 1. The molecule has 0 fully saturated rings. The minimum Gasteiger partial charge on any atom is -0.384 e. The van der Waals surface area contributed by atoms with Crippen molar-refractivity contribution in [3.8, 4) is 0 Å². The maximum absolute atomic E-state index is 13.6. The Kier molecular flexibility index (Phi) is 3.20. The minimum atomic E-state index is -0.863. The van der Waals surface area contributed by atoms with Crippen molar-refractivity contribution < 1.29 is 9.50 Å². The van der Waals surface area contributed by atoms with Gasteiger partial charge in [0.1, 0.15) is 11.9 Å². The molecule has 1 unspecified atom stereocenters. The van der Waals surface area contributed by atoms with Crippen molar-refractivity contribution in [2.75, 3.05) is 0 Å². The van der Waals surface area contributed by atoms with Gasteiger partial charge in [-0.25, -0.2) is 4.39 Å². The number of halogens is 1. The fourth-order valence-corrected chi connectivity index (χ4v) is 2.32. The molecule has 0 saturated carbocycles. The molecule has 0 bridgehead atoms. The second-order valence-electron chi connectivity index (χ2n) is 4.83. The Morgan fingerprint density at radius 3 is 2.75 bits per heavy atom. The molecule has 2 aromatic carbocycles. The summed E-state index contributed by atoms with van der Waals surface area (Å²) in [5.74, 6) is -0.306. The van der Waals surface area contributed by atoms with E-state index in [1.807, 2.05) is 30.3 Å². The molecule has 0 aliphatic rings. The van der Waals surface area contributed by atoms with Crippen LogP contribution in [0, 0.1) is 12.7 Å². The van der Waals surface area contributed by atoms with Crippen molar-refractivity contribution in [2.24, 2.45) is 0 Å². The van der Waals surface area contributed by atoms with Crippen molar-refractivity contribution in [2.45, 2.75) is 13.0 Å². The van der Waals surface area contributed by atoms with E-state index in [2.05, 4.69) is 4.98 Å². The van der Waals surface area contributed by atoms with E-state index in [1.165, 1.54) is 6.07 Å². The van der Waals surface area contributed by atoms with Crippen LogP contribution in [0.25, 0.3) is 10.9 Å². The first-order valence-electron chi connectivity index (χ1n) is 6.44. The Labute approximate surface area is 116 Å². The van der Waals surface area contributed by atoms with Gasteiger partial charge in [0.15, 0.2) is 0 Å². The van der Waals surface area contributed by atoms with Crippen LogP contribution >= 0.6 is 0 Å². The quantitative estimate of drug-likeness (QED) is 0.766. The van der Waals surface area contributed by atoms with E-state index in [-0.39, 0.29) is 5.82 Å². The second kappa shape index (κ2) is 5.02. The number of aliphatic hydroxyl groups excluding tert-OH is 1. The molecular formula is C17H14FNO. The van der Waals surface area contributed by atoms with Gasteiger partial charge in [0.2, 0.25) is 0 Å². The van der Waals surface area contributed by atoms with Gasteiger partial charge in [0.05, 0.1) is 5.52 Å². The van der Waals surface area contributed by atoms with Crippen molar-refractivity contribution in [3.63, 3.8) is 0 Å². The highest BCUT2D eigenvalue weighted by atomic mass is 19.1. The highest BCUT2D eigenvalue weighted by Gasteiger charge is 2.14. The Bertz CT molecular complexity index is 765. The van der Waals surface area contributed by atoms with Gasteiger partial charge in [0, 0.05) is 11.6 Å². The first kappa shape index (κ1) is 12.8. The number of nitrogens with zero attached hydrogens (tertiary/aromatic N) is 1. The average Bonchev–Trinajstić information content (AvgIpc) is 2.49. The Balaban J connectivity index is 2.12. The molecule has 3 rings (SSSR count). The maximum Gasteiger partial charge on any atom is 0.126 e. The summed E-state index contributed by atoms with van der Waals surface area (Å²) in [5.41, 5.74) is 2.67. The minimum absolute atomic E-state index is 0.306. The monoisotopic (exact) mass is 267 g/mol. The Hall–Kier alpha value is -2.26. The maximum atomic E-state index is 13.6. The van der Waals surface area contributed by atoms with Crippen LogP contribution in [0.1, 0.15) is 22.8 Å². The van der Waals surface area contributed by atoms with Gasteiger partial charge in [-0.3, -0.25) is 4.98 Å². The largest absolute Gasteiger partial charge is 0.384 e. The molecule has 2 nitrogen and oxygen atoms in total.